The average Bonchev–Trinajstić information content (AvgIpc) is 2.66. The molecule has 0 aromatic heterocycles. The zero-order chi connectivity index (χ0) is 19.9. The molecule has 0 heterocycles. The maximum absolute atomic E-state index is 12.8. The fourth-order valence-corrected chi connectivity index (χ4v) is 3.94. The van der Waals surface area contributed by atoms with E-state index < -0.39 is 22.0 Å². The van der Waals surface area contributed by atoms with Crippen molar-refractivity contribution in [1.29, 1.82) is 0 Å². The van der Waals surface area contributed by atoms with Crippen LogP contribution in [-0.4, -0.2) is 27.2 Å². The van der Waals surface area contributed by atoms with Gasteiger partial charge in [0.2, 0.25) is 10.0 Å². The van der Waals surface area contributed by atoms with Crippen molar-refractivity contribution in [2.45, 2.75) is 36.1 Å². The van der Waals surface area contributed by atoms with Crippen molar-refractivity contribution in [3.8, 4) is 0 Å². The number of ether oxygens (including phenoxy) is 1. The number of benzene rings is 2. The third-order valence-electron chi connectivity index (χ3n) is 3.95. The third-order valence-corrected chi connectivity index (χ3v) is 6.13. The van der Waals surface area contributed by atoms with Crippen LogP contribution < -0.4 is 4.72 Å². The molecule has 0 amide bonds. The highest BCUT2D eigenvalue weighted by atomic mass is 32.2. The van der Waals surface area contributed by atoms with Gasteiger partial charge in [0.15, 0.2) is 0 Å². The minimum absolute atomic E-state index is 0.108. The molecule has 0 bridgehead atoms. The van der Waals surface area contributed by atoms with Crippen LogP contribution >= 0.6 is 11.8 Å². The third kappa shape index (κ3) is 6.37. The van der Waals surface area contributed by atoms with Crippen molar-refractivity contribution in [3.05, 3.63) is 60.2 Å². The first-order valence-electron chi connectivity index (χ1n) is 8.71. The molecule has 0 aliphatic heterocycles. The lowest BCUT2D eigenvalue weighted by Crippen LogP contribution is -2.35. The monoisotopic (exact) mass is 407 g/mol. The second kappa shape index (κ2) is 9.92. The van der Waals surface area contributed by atoms with Crippen molar-refractivity contribution in [2.75, 3.05) is 12.9 Å². The molecule has 0 saturated carbocycles. The van der Waals surface area contributed by atoms with Gasteiger partial charge in [0, 0.05) is 4.90 Å². The molecular weight excluding hydrogens is 382 g/mol. The Morgan fingerprint density at radius 2 is 1.70 bits per heavy atom. The van der Waals surface area contributed by atoms with E-state index in [-0.39, 0.29) is 11.5 Å². The zero-order valence-electron chi connectivity index (χ0n) is 15.7. The number of hydrogen-bond donors (Lipinski definition) is 1. The van der Waals surface area contributed by atoms with Gasteiger partial charge in [-0.2, -0.15) is 4.72 Å². The number of sulfonamides is 1. The Morgan fingerprint density at radius 1 is 1.07 bits per heavy atom. The number of carbonyl (C=O) groups excluding carboxylic acids is 1. The molecule has 1 N–H and O–H groups in total. The molecule has 27 heavy (non-hydrogen) atoms. The minimum atomic E-state index is -3.88. The molecule has 2 aromatic carbocycles. The summed E-state index contributed by atoms with van der Waals surface area (Å²) in [7, 11) is -3.88. The van der Waals surface area contributed by atoms with E-state index in [0.29, 0.717) is 11.5 Å². The largest absolute Gasteiger partial charge is 0.464 e. The Balaban J connectivity index is 2.23. The van der Waals surface area contributed by atoms with Crippen molar-refractivity contribution >= 4 is 27.8 Å². The van der Waals surface area contributed by atoms with E-state index in [2.05, 4.69) is 4.72 Å². The maximum Gasteiger partial charge on any atom is 0.328 e. The summed E-state index contributed by atoms with van der Waals surface area (Å²) in [5.41, 5.74) is 0.538. The van der Waals surface area contributed by atoms with Crippen LogP contribution in [0, 0.1) is 5.92 Å². The maximum atomic E-state index is 12.8. The molecule has 0 aliphatic carbocycles. The summed E-state index contributed by atoms with van der Waals surface area (Å²) in [5, 5.41) is 0. The SMILES string of the molecule is CSc1ccc(S(=O)(=O)NC(C(=O)OCCC(C)C)c2ccccc2)cc1. The molecule has 0 aliphatic rings. The van der Waals surface area contributed by atoms with Crippen molar-refractivity contribution in [3.63, 3.8) is 0 Å². The summed E-state index contributed by atoms with van der Waals surface area (Å²) in [6, 6.07) is 14.2. The van der Waals surface area contributed by atoms with Crippen LogP contribution in [-0.2, 0) is 19.6 Å². The number of rotatable bonds is 9. The smallest absolute Gasteiger partial charge is 0.328 e. The highest BCUT2D eigenvalue weighted by Crippen LogP contribution is 2.21. The lowest BCUT2D eigenvalue weighted by atomic mass is 10.1. The van der Waals surface area contributed by atoms with Gasteiger partial charge < -0.3 is 4.74 Å². The summed E-state index contributed by atoms with van der Waals surface area (Å²) in [5.74, 6) is -0.217. The predicted octanol–water partition coefficient (Wildman–Crippen LogP) is 4.02. The van der Waals surface area contributed by atoms with Gasteiger partial charge >= 0.3 is 5.97 Å². The Labute approximate surface area is 165 Å². The number of thioether (sulfide) groups is 1. The van der Waals surface area contributed by atoms with Gasteiger partial charge in [-0.15, -0.1) is 11.8 Å². The molecule has 0 radical (unpaired) electrons. The summed E-state index contributed by atoms with van der Waals surface area (Å²) in [6.45, 7) is 4.32. The van der Waals surface area contributed by atoms with Gasteiger partial charge in [0.05, 0.1) is 11.5 Å². The minimum Gasteiger partial charge on any atom is -0.464 e. The first kappa shape index (κ1) is 21.5. The van der Waals surface area contributed by atoms with Crippen molar-refractivity contribution in [2.24, 2.45) is 5.92 Å². The number of carbonyl (C=O) groups is 1. The van der Waals surface area contributed by atoms with E-state index in [1.165, 1.54) is 23.9 Å². The van der Waals surface area contributed by atoms with Crippen LogP contribution in [0.4, 0.5) is 0 Å². The molecule has 5 nitrogen and oxygen atoms in total. The average molecular weight is 408 g/mol. The number of nitrogens with one attached hydrogen (secondary N) is 1. The van der Waals surface area contributed by atoms with Gasteiger partial charge in [-0.1, -0.05) is 44.2 Å². The fourth-order valence-electron chi connectivity index (χ4n) is 2.35. The van der Waals surface area contributed by atoms with Crippen LogP contribution in [0.15, 0.2) is 64.4 Å². The molecule has 2 rings (SSSR count). The van der Waals surface area contributed by atoms with Gasteiger partial charge in [0.1, 0.15) is 6.04 Å². The zero-order valence-corrected chi connectivity index (χ0v) is 17.3. The Morgan fingerprint density at radius 3 is 2.26 bits per heavy atom. The quantitative estimate of drug-likeness (QED) is 0.502. The molecule has 0 fully saturated rings. The molecule has 1 atom stereocenters. The van der Waals surface area contributed by atoms with Gasteiger partial charge in [-0.25, -0.2) is 13.2 Å². The van der Waals surface area contributed by atoms with Crippen LogP contribution in [0.5, 0.6) is 0 Å². The lowest BCUT2D eigenvalue weighted by Gasteiger charge is -2.18. The van der Waals surface area contributed by atoms with E-state index in [9.17, 15) is 13.2 Å². The predicted molar refractivity (Wildman–Crippen MR) is 108 cm³/mol. The van der Waals surface area contributed by atoms with Crippen LogP contribution in [0.3, 0.4) is 0 Å². The van der Waals surface area contributed by atoms with E-state index in [0.717, 1.165) is 11.3 Å². The first-order valence-corrected chi connectivity index (χ1v) is 11.4. The summed E-state index contributed by atoms with van der Waals surface area (Å²) in [4.78, 5) is 13.6. The normalized spacial score (nSPS) is 12.7. The molecule has 0 spiro atoms. The van der Waals surface area contributed by atoms with E-state index in [4.69, 9.17) is 4.74 Å². The molecule has 1 unspecified atom stereocenters. The second-order valence-corrected chi connectivity index (χ2v) is 9.08. The number of esters is 1. The van der Waals surface area contributed by atoms with Crippen LogP contribution in [0.2, 0.25) is 0 Å². The highest BCUT2D eigenvalue weighted by molar-refractivity contribution is 7.98. The van der Waals surface area contributed by atoms with Gasteiger partial charge in [0.25, 0.3) is 0 Å². The number of hydrogen-bond acceptors (Lipinski definition) is 5. The Kier molecular flexibility index (Phi) is 7.89. The molecular formula is C20H25NO4S2. The summed E-state index contributed by atoms with van der Waals surface area (Å²) >= 11 is 1.53. The van der Waals surface area contributed by atoms with Crippen molar-refractivity contribution < 1.29 is 17.9 Å². The van der Waals surface area contributed by atoms with Gasteiger partial charge in [-0.05, 0) is 48.4 Å². The highest BCUT2D eigenvalue weighted by Gasteiger charge is 2.28. The van der Waals surface area contributed by atoms with Crippen molar-refractivity contribution in [1.82, 2.24) is 4.72 Å². The Hall–Kier alpha value is -1.83. The molecule has 146 valence electrons. The molecule has 0 saturated heterocycles. The topological polar surface area (TPSA) is 72.5 Å². The lowest BCUT2D eigenvalue weighted by molar-refractivity contribution is -0.146. The van der Waals surface area contributed by atoms with Crippen LogP contribution in [0.1, 0.15) is 31.9 Å². The standard InChI is InChI=1S/C20H25NO4S2/c1-15(2)13-14-25-20(22)19(16-7-5-4-6-8-16)21-27(23,24)18-11-9-17(26-3)10-12-18/h4-12,15,19,21H,13-14H2,1-3H3. The summed E-state index contributed by atoms with van der Waals surface area (Å²) < 4.78 is 33.4. The second-order valence-electron chi connectivity index (χ2n) is 6.49. The Bertz CT molecular complexity index is 834. The van der Waals surface area contributed by atoms with Crippen LogP contribution in [0.25, 0.3) is 0 Å². The molecule has 2 aromatic rings. The van der Waals surface area contributed by atoms with E-state index in [1.54, 1.807) is 42.5 Å². The molecule has 7 heteroatoms. The first-order chi connectivity index (χ1) is 12.8. The van der Waals surface area contributed by atoms with E-state index >= 15 is 0 Å². The van der Waals surface area contributed by atoms with Gasteiger partial charge in [-0.3, -0.25) is 0 Å². The van der Waals surface area contributed by atoms with E-state index in [1.807, 2.05) is 20.1 Å². The summed E-state index contributed by atoms with van der Waals surface area (Å²) in [6.07, 6.45) is 2.64. The fraction of sp³-hybridized carbons (Fsp3) is 0.350.